The van der Waals surface area contributed by atoms with E-state index in [2.05, 4.69) is 0 Å². The molecule has 0 saturated carbocycles. The summed E-state index contributed by atoms with van der Waals surface area (Å²) in [5, 5.41) is 1.13. The highest BCUT2D eigenvalue weighted by molar-refractivity contribution is 6.34. The average molecular weight is 282 g/mol. The minimum Gasteiger partial charge on any atom is -0.493 e. The Balaban J connectivity index is 1.94. The Morgan fingerprint density at radius 2 is 1.67 bits per heavy atom. The van der Waals surface area contributed by atoms with Crippen LogP contribution in [-0.2, 0) is 6.42 Å². The van der Waals surface area contributed by atoms with Crippen LogP contribution in [0, 0.1) is 0 Å². The molecule has 2 aromatic carbocycles. The number of hydrogen-bond donors (Lipinski definition) is 1. The smallest absolute Gasteiger partial charge is 0.122 e. The van der Waals surface area contributed by atoms with E-state index in [0.717, 1.165) is 17.7 Å². The maximum absolute atomic E-state index is 5.89. The second-order valence-corrected chi connectivity index (χ2v) is 4.78. The minimum atomic E-state index is 0.533. The van der Waals surface area contributed by atoms with Gasteiger partial charge in [-0.05, 0) is 29.8 Å². The molecule has 0 saturated heterocycles. The van der Waals surface area contributed by atoms with Gasteiger partial charge in [0.25, 0.3) is 0 Å². The number of hydrogen-bond acceptors (Lipinski definition) is 2. The summed E-state index contributed by atoms with van der Waals surface area (Å²) < 4.78 is 5.60. The summed E-state index contributed by atoms with van der Waals surface area (Å²) in [4.78, 5) is 0. The predicted molar refractivity (Wildman–Crippen MR) is 76.5 cm³/mol. The van der Waals surface area contributed by atoms with Gasteiger partial charge < -0.3 is 10.5 Å². The van der Waals surface area contributed by atoms with Gasteiger partial charge in [-0.2, -0.15) is 0 Å². The standard InChI is InChI=1S/C14H13Cl2NO/c15-11-7-12(16)9-13(8-11)18-6-5-10-3-1-2-4-14(10)17/h1-4,7-9H,5-6,17H2. The summed E-state index contributed by atoms with van der Waals surface area (Å²) >= 11 is 11.8. The molecule has 0 bridgehead atoms. The van der Waals surface area contributed by atoms with Crippen molar-refractivity contribution < 1.29 is 4.74 Å². The first-order chi connectivity index (χ1) is 8.65. The lowest BCUT2D eigenvalue weighted by Gasteiger charge is -2.08. The molecule has 2 aromatic rings. The zero-order chi connectivity index (χ0) is 13.0. The Morgan fingerprint density at radius 1 is 1.00 bits per heavy atom. The van der Waals surface area contributed by atoms with Crippen molar-refractivity contribution in [2.24, 2.45) is 0 Å². The van der Waals surface area contributed by atoms with Gasteiger partial charge in [0, 0.05) is 22.2 Å². The molecule has 0 aromatic heterocycles. The van der Waals surface area contributed by atoms with E-state index in [1.807, 2.05) is 24.3 Å². The van der Waals surface area contributed by atoms with Crippen molar-refractivity contribution in [1.29, 1.82) is 0 Å². The predicted octanol–water partition coefficient (Wildman–Crippen LogP) is 4.20. The number of anilines is 1. The molecule has 0 aliphatic carbocycles. The molecule has 2 nitrogen and oxygen atoms in total. The van der Waals surface area contributed by atoms with Crippen molar-refractivity contribution in [1.82, 2.24) is 0 Å². The fourth-order valence-electron chi connectivity index (χ4n) is 1.65. The summed E-state index contributed by atoms with van der Waals surface area (Å²) in [7, 11) is 0. The van der Waals surface area contributed by atoms with Crippen LogP contribution in [0.4, 0.5) is 5.69 Å². The van der Waals surface area contributed by atoms with E-state index in [0.29, 0.717) is 22.4 Å². The number of nitrogens with two attached hydrogens (primary N) is 1. The summed E-state index contributed by atoms with van der Waals surface area (Å²) in [6.45, 7) is 0.533. The molecule has 0 unspecified atom stereocenters. The zero-order valence-corrected chi connectivity index (χ0v) is 11.2. The van der Waals surface area contributed by atoms with E-state index in [1.54, 1.807) is 18.2 Å². The third kappa shape index (κ3) is 3.56. The molecule has 0 spiro atoms. The molecule has 0 aliphatic heterocycles. The third-order valence-electron chi connectivity index (χ3n) is 2.53. The van der Waals surface area contributed by atoms with Crippen molar-refractivity contribution in [3.05, 3.63) is 58.1 Å². The van der Waals surface area contributed by atoms with Crippen molar-refractivity contribution in [2.75, 3.05) is 12.3 Å². The molecular formula is C14H13Cl2NO. The molecule has 2 rings (SSSR count). The first kappa shape index (κ1) is 13.1. The van der Waals surface area contributed by atoms with Crippen LogP contribution in [0.2, 0.25) is 10.0 Å². The maximum atomic E-state index is 5.89. The van der Waals surface area contributed by atoms with Crippen LogP contribution in [0.3, 0.4) is 0 Å². The number of halogens is 2. The number of para-hydroxylation sites is 1. The molecule has 4 heteroatoms. The lowest BCUT2D eigenvalue weighted by molar-refractivity contribution is 0.322. The number of rotatable bonds is 4. The van der Waals surface area contributed by atoms with E-state index >= 15 is 0 Å². The molecular weight excluding hydrogens is 269 g/mol. The minimum absolute atomic E-state index is 0.533. The van der Waals surface area contributed by atoms with Gasteiger partial charge in [-0.3, -0.25) is 0 Å². The topological polar surface area (TPSA) is 35.2 Å². The normalized spacial score (nSPS) is 10.3. The van der Waals surface area contributed by atoms with E-state index < -0.39 is 0 Å². The Labute approximate surface area is 116 Å². The van der Waals surface area contributed by atoms with Crippen molar-refractivity contribution in [3.8, 4) is 5.75 Å². The lowest BCUT2D eigenvalue weighted by Crippen LogP contribution is -2.03. The van der Waals surface area contributed by atoms with Crippen LogP contribution in [0.15, 0.2) is 42.5 Å². The van der Waals surface area contributed by atoms with Gasteiger partial charge in [0.2, 0.25) is 0 Å². The van der Waals surface area contributed by atoms with E-state index in [1.165, 1.54) is 0 Å². The van der Waals surface area contributed by atoms with Gasteiger partial charge in [-0.25, -0.2) is 0 Å². The summed E-state index contributed by atoms with van der Waals surface area (Å²) in [6, 6.07) is 12.9. The number of benzene rings is 2. The fourth-order valence-corrected chi connectivity index (χ4v) is 2.16. The molecule has 0 radical (unpaired) electrons. The Kier molecular flexibility index (Phi) is 4.34. The van der Waals surface area contributed by atoms with Crippen LogP contribution >= 0.6 is 23.2 Å². The Hall–Kier alpha value is -1.38. The fraction of sp³-hybridized carbons (Fsp3) is 0.143. The van der Waals surface area contributed by atoms with Crippen LogP contribution in [0.25, 0.3) is 0 Å². The van der Waals surface area contributed by atoms with Crippen LogP contribution < -0.4 is 10.5 Å². The second kappa shape index (κ2) is 5.98. The molecule has 2 N–H and O–H groups in total. The SMILES string of the molecule is Nc1ccccc1CCOc1cc(Cl)cc(Cl)c1. The zero-order valence-electron chi connectivity index (χ0n) is 9.70. The Morgan fingerprint density at radius 3 is 2.33 bits per heavy atom. The monoisotopic (exact) mass is 281 g/mol. The van der Waals surface area contributed by atoms with Gasteiger partial charge in [-0.1, -0.05) is 41.4 Å². The largest absolute Gasteiger partial charge is 0.493 e. The number of ether oxygens (including phenoxy) is 1. The molecule has 0 fully saturated rings. The first-order valence-electron chi connectivity index (χ1n) is 5.57. The molecule has 0 amide bonds. The van der Waals surface area contributed by atoms with E-state index in [4.69, 9.17) is 33.7 Å². The van der Waals surface area contributed by atoms with Crippen molar-refractivity contribution in [2.45, 2.75) is 6.42 Å². The third-order valence-corrected chi connectivity index (χ3v) is 2.97. The highest BCUT2D eigenvalue weighted by atomic mass is 35.5. The molecule has 18 heavy (non-hydrogen) atoms. The first-order valence-corrected chi connectivity index (χ1v) is 6.33. The van der Waals surface area contributed by atoms with Crippen molar-refractivity contribution >= 4 is 28.9 Å². The van der Waals surface area contributed by atoms with Gasteiger partial charge >= 0.3 is 0 Å². The summed E-state index contributed by atoms with van der Waals surface area (Å²) in [5.41, 5.74) is 7.71. The highest BCUT2D eigenvalue weighted by Crippen LogP contribution is 2.24. The van der Waals surface area contributed by atoms with E-state index in [9.17, 15) is 0 Å². The quantitative estimate of drug-likeness (QED) is 0.853. The maximum Gasteiger partial charge on any atom is 0.122 e. The molecule has 0 atom stereocenters. The molecule has 94 valence electrons. The van der Waals surface area contributed by atoms with Gasteiger partial charge in [0.15, 0.2) is 0 Å². The number of nitrogen functional groups attached to an aromatic ring is 1. The average Bonchev–Trinajstić information content (AvgIpc) is 2.30. The Bertz CT molecular complexity index is 523. The second-order valence-electron chi connectivity index (χ2n) is 3.90. The summed E-state index contributed by atoms with van der Waals surface area (Å²) in [5.74, 6) is 0.669. The summed E-state index contributed by atoms with van der Waals surface area (Å²) in [6.07, 6.45) is 0.747. The van der Waals surface area contributed by atoms with Gasteiger partial charge in [0.05, 0.1) is 6.61 Å². The molecule has 0 aliphatic rings. The lowest BCUT2D eigenvalue weighted by atomic mass is 10.1. The van der Waals surface area contributed by atoms with Crippen LogP contribution in [-0.4, -0.2) is 6.61 Å². The van der Waals surface area contributed by atoms with Gasteiger partial charge in [-0.15, -0.1) is 0 Å². The van der Waals surface area contributed by atoms with E-state index in [-0.39, 0.29) is 0 Å². The highest BCUT2D eigenvalue weighted by Gasteiger charge is 2.01. The molecule has 0 heterocycles. The van der Waals surface area contributed by atoms with Crippen LogP contribution in [0.5, 0.6) is 5.75 Å². The van der Waals surface area contributed by atoms with Crippen LogP contribution in [0.1, 0.15) is 5.56 Å². The van der Waals surface area contributed by atoms with Gasteiger partial charge in [0.1, 0.15) is 5.75 Å². The van der Waals surface area contributed by atoms with Crippen molar-refractivity contribution in [3.63, 3.8) is 0 Å².